The third-order valence-corrected chi connectivity index (χ3v) is 3.20. The summed E-state index contributed by atoms with van der Waals surface area (Å²) >= 11 is 3.34. The van der Waals surface area contributed by atoms with E-state index in [-0.39, 0.29) is 18.3 Å². The van der Waals surface area contributed by atoms with Crippen LogP contribution in [0.25, 0.3) is 0 Å². The van der Waals surface area contributed by atoms with Gasteiger partial charge in [-0.2, -0.15) is 0 Å². The molecule has 2 rings (SSSR count). The molecule has 2 aromatic carbocycles. The first-order valence-corrected chi connectivity index (χ1v) is 6.37. The minimum atomic E-state index is -0.293. The van der Waals surface area contributed by atoms with Crippen LogP contribution in [0.2, 0.25) is 0 Å². The van der Waals surface area contributed by atoms with E-state index in [0.29, 0.717) is 21.3 Å². The van der Waals surface area contributed by atoms with Gasteiger partial charge in [0.15, 0.2) is 0 Å². The van der Waals surface area contributed by atoms with E-state index in [4.69, 9.17) is 15.9 Å². The van der Waals surface area contributed by atoms with Crippen molar-refractivity contribution in [2.75, 3.05) is 0 Å². The van der Waals surface area contributed by atoms with Crippen LogP contribution < -0.4 is 10.5 Å². The van der Waals surface area contributed by atoms with E-state index in [2.05, 4.69) is 15.9 Å². The van der Waals surface area contributed by atoms with Crippen molar-refractivity contribution in [3.63, 3.8) is 0 Å². The Labute approximate surface area is 118 Å². The summed E-state index contributed by atoms with van der Waals surface area (Å²) in [6, 6.07) is 11.5. The third kappa shape index (κ3) is 3.32. The largest absolute Gasteiger partial charge is 0.488 e. The molecule has 0 atom stereocenters. The third-order valence-electron chi connectivity index (χ3n) is 2.58. The first-order valence-electron chi connectivity index (χ1n) is 5.58. The van der Waals surface area contributed by atoms with Crippen molar-refractivity contribution in [1.82, 2.24) is 0 Å². The van der Waals surface area contributed by atoms with Crippen LogP contribution in [-0.4, -0.2) is 5.84 Å². The number of nitrogen functional groups attached to an aromatic ring is 1. The predicted molar refractivity (Wildman–Crippen MR) is 75.9 cm³/mol. The lowest BCUT2D eigenvalue weighted by Crippen LogP contribution is -2.10. The van der Waals surface area contributed by atoms with Gasteiger partial charge in [0.25, 0.3) is 0 Å². The molecule has 0 saturated carbocycles. The van der Waals surface area contributed by atoms with E-state index < -0.39 is 0 Å². The van der Waals surface area contributed by atoms with Gasteiger partial charge in [-0.05, 0) is 40.2 Å². The number of hydrogen-bond acceptors (Lipinski definition) is 2. The molecule has 0 aromatic heterocycles. The molecule has 3 N–H and O–H groups in total. The van der Waals surface area contributed by atoms with Gasteiger partial charge in [-0.1, -0.05) is 18.2 Å². The van der Waals surface area contributed by atoms with Gasteiger partial charge in [0.05, 0.1) is 4.47 Å². The van der Waals surface area contributed by atoms with Crippen LogP contribution in [0.4, 0.5) is 4.39 Å². The van der Waals surface area contributed by atoms with Crippen molar-refractivity contribution >= 4 is 21.8 Å². The van der Waals surface area contributed by atoms with E-state index in [1.54, 1.807) is 36.4 Å². The van der Waals surface area contributed by atoms with Crippen LogP contribution in [0, 0.1) is 11.2 Å². The molecule has 0 fully saturated rings. The highest BCUT2D eigenvalue weighted by molar-refractivity contribution is 9.10. The zero-order valence-corrected chi connectivity index (χ0v) is 11.6. The first-order chi connectivity index (χ1) is 9.08. The standard InChI is InChI=1S/C14H12BrFN2O/c15-11-7-9(14(17)18)5-6-13(11)19-8-10-3-1-2-4-12(10)16/h1-7H,8H2,(H3,17,18). The van der Waals surface area contributed by atoms with Crippen molar-refractivity contribution < 1.29 is 9.13 Å². The molecule has 0 amide bonds. The average Bonchev–Trinajstić information content (AvgIpc) is 2.39. The van der Waals surface area contributed by atoms with Crippen molar-refractivity contribution in [3.8, 4) is 5.75 Å². The fourth-order valence-corrected chi connectivity index (χ4v) is 2.05. The Bertz CT molecular complexity index is 616. The SMILES string of the molecule is N=C(N)c1ccc(OCc2ccccc2F)c(Br)c1. The minimum absolute atomic E-state index is 0.0126. The monoisotopic (exact) mass is 322 g/mol. The fraction of sp³-hybridized carbons (Fsp3) is 0.0714. The van der Waals surface area contributed by atoms with Crippen LogP contribution in [0.5, 0.6) is 5.75 Å². The molecule has 0 bridgehead atoms. The molecule has 0 radical (unpaired) electrons. The van der Waals surface area contributed by atoms with Gasteiger partial charge in [0, 0.05) is 11.1 Å². The number of rotatable bonds is 4. The second-order valence-electron chi connectivity index (χ2n) is 3.94. The van der Waals surface area contributed by atoms with Crippen LogP contribution in [-0.2, 0) is 6.61 Å². The Morgan fingerprint density at radius 1 is 1.26 bits per heavy atom. The summed E-state index contributed by atoms with van der Waals surface area (Å²) in [5, 5.41) is 7.33. The Hall–Kier alpha value is -1.88. The lowest BCUT2D eigenvalue weighted by molar-refractivity contribution is 0.298. The molecular weight excluding hydrogens is 311 g/mol. The lowest BCUT2D eigenvalue weighted by atomic mass is 10.2. The molecule has 5 heteroatoms. The first kappa shape index (κ1) is 13.5. The molecule has 0 aliphatic heterocycles. The number of ether oxygens (including phenoxy) is 1. The summed E-state index contributed by atoms with van der Waals surface area (Å²) < 4.78 is 19.6. The van der Waals surface area contributed by atoms with E-state index in [0.717, 1.165) is 0 Å². The Morgan fingerprint density at radius 3 is 2.63 bits per heavy atom. The molecule has 0 spiro atoms. The van der Waals surface area contributed by atoms with Crippen molar-refractivity contribution in [2.45, 2.75) is 6.61 Å². The topological polar surface area (TPSA) is 59.1 Å². The van der Waals surface area contributed by atoms with E-state index >= 15 is 0 Å². The quantitative estimate of drug-likeness (QED) is 0.669. The second kappa shape index (κ2) is 5.84. The van der Waals surface area contributed by atoms with E-state index in [9.17, 15) is 4.39 Å². The molecule has 0 unspecified atom stereocenters. The van der Waals surface area contributed by atoms with Gasteiger partial charge in [-0.15, -0.1) is 0 Å². The molecular formula is C14H12BrFN2O. The zero-order chi connectivity index (χ0) is 13.8. The van der Waals surface area contributed by atoms with Crippen LogP contribution in [0.3, 0.4) is 0 Å². The van der Waals surface area contributed by atoms with Crippen LogP contribution in [0.1, 0.15) is 11.1 Å². The summed E-state index contributed by atoms with van der Waals surface area (Å²) in [5.41, 5.74) is 6.48. The summed E-state index contributed by atoms with van der Waals surface area (Å²) in [4.78, 5) is 0. The van der Waals surface area contributed by atoms with Gasteiger partial charge < -0.3 is 10.5 Å². The van der Waals surface area contributed by atoms with Gasteiger partial charge in [-0.3, -0.25) is 5.41 Å². The number of benzene rings is 2. The van der Waals surface area contributed by atoms with E-state index in [1.165, 1.54) is 6.07 Å². The van der Waals surface area contributed by atoms with Gasteiger partial charge in [-0.25, -0.2) is 4.39 Å². The van der Waals surface area contributed by atoms with Crippen molar-refractivity contribution in [1.29, 1.82) is 5.41 Å². The zero-order valence-electron chi connectivity index (χ0n) is 9.99. The van der Waals surface area contributed by atoms with Crippen molar-refractivity contribution in [2.24, 2.45) is 5.73 Å². The Balaban J connectivity index is 2.12. The molecule has 98 valence electrons. The van der Waals surface area contributed by atoms with Gasteiger partial charge in [0.1, 0.15) is 24.0 Å². The minimum Gasteiger partial charge on any atom is -0.488 e. The molecule has 2 aromatic rings. The number of amidine groups is 1. The normalized spacial score (nSPS) is 10.2. The highest BCUT2D eigenvalue weighted by Crippen LogP contribution is 2.27. The maximum atomic E-state index is 13.4. The predicted octanol–water partition coefficient (Wildman–Crippen LogP) is 3.45. The molecule has 19 heavy (non-hydrogen) atoms. The van der Waals surface area contributed by atoms with E-state index in [1.807, 2.05) is 0 Å². The van der Waals surface area contributed by atoms with Gasteiger partial charge >= 0.3 is 0 Å². The summed E-state index contributed by atoms with van der Waals surface area (Å²) in [5.74, 6) is 0.272. The number of nitrogens with two attached hydrogens (primary N) is 1. The van der Waals surface area contributed by atoms with Crippen LogP contribution >= 0.6 is 15.9 Å². The Morgan fingerprint density at radius 2 is 2.00 bits per heavy atom. The van der Waals surface area contributed by atoms with Crippen LogP contribution in [0.15, 0.2) is 46.9 Å². The summed E-state index contributed by atoms with van der Waals surface area (Å²) in [7, 11) is 0. The second-order valence-corrected chi connectivity index (χ2v) is 4.79. The van der Waals surface area contributed by atoms with Crippen molar-refractivity contribution in [3.05, 3.63) is 63.9 Å². The lowest BCUT2D eigenvalue weighted by Gasteiger charge is -2.10. The highest BCUT2D eigenvalue weighted by Gasteiger charge is 2.06. The molecule has 0 heterocycles. The smallest absolute Gasteiger partial charge is 0.134 e. The fourth-order valence-electron chi connectivity index (χ4n) is 1.56. The van der Waals surface area contributed by atoms with Gasteiger partial charge in [0.2, 0.25) is 0 Å². The maximum Gasteiger partial charge on any atom is 0.134 e. The summed E-state index contributed by atoms with van der Waals surface area (Å²) in [6.07, 6.45) is 0. The number of halogens is 2. The molecule has 0 aliphatic rings. The highest BCUT2D eigenvalue weighted by atomic mass is 79.9. The maximum absolute atomic E-state index is 13.4. The molecule has 3 nitrogen and oxygen atoms in total. The molecule has 0 saturated heterocycles. The average molecular weight is 323 g/mol. The Kier molecular flexibility index (Phi) is 4.16. The molecule has 0 aliphatic carbocycles. The number of hydrogen-bond donors (Lipinski definition) is 2. The number of nitrogens with one attached hydrogen (secondary N) is 1. The summed E-state index contributed by atoms with van der Waals surface area (Å²) in [6.45, 7) is 0.144.